The maximum absolute atomic E-state index is 4.41. The number of thiophene rings is 1. The number of hydrogen-bond acceptors (Lipinski definition) is 4. The molecule has 3 nitrogen and oxygen atoms in total. The number of hydrogen-bond donors (Lipinski definition) is 1. The van der Waals surface area contributed by atoms with Crippen molar-refractivity contribution in [2.24, 2.45) is 0 Å². The van der Waals surface area contributed by atoms with Crippen LogP contribution in [0.15, 0.2) is 35.8 Å². The van der Waals surface area contributed by atoms with Crippen molar-refractivity contribution in [2.45, 2.75) is 32.9 Å². The highest BCUT2D eigenvalue weighted by Crippen LogP contribution is 2.19. The zero-order chi connectivity index (χ0) is 14.4. The number of anilines is 1. The Morgan fingerprint density at radius 1 is 1.40 bits per heavy atom. The molecule has 0 radical (unpaired) electrons. The molecule has 0 aliphatic heterocycles. The summed E-state index contributed by atoms with van der Waals surface area (Å²) in [6.45, 7) is 6.18. The van der Waals surface area contributed by atoms with Crippen molar-refractivity contribution in [1.29, 1.82) is 0 Å². The maximum Gasteiger partial charge on any atom is 0.0562 e. The molecule has 0 amide bonds. The van der Waals surface area contributed by atoms with Crippen molar-refractivity contribution in [1.82, 2.24) is 10.3 Å². The van der Waals surface area contributed by atoms with E-state index in [9.17, 15) is 0 Å². The van der Waals surface area contributed by atoms with E-state index in [0.717, 1.165) is 25.2 Å². The molecule has 2 heterocycles. The zero-order valence-electron chi connectivity index (χ0n) is 12.5. The Morgan fingerprint density at radius 3 is 2.95 bits per heavy atom. The number of likely N-dealkylation sites (N-methyl/N-ethyl adjacent to an activating group) is 1. The number of nitrogens with one attached hydrogen (secondary N) is 1. The maximum atomic E-state index is 4.41. The standard InChI is InChI=1S/C16H23N3S/c1-4-17-12-14-11-15(7-8-18-14)19(3)13(2)10-16-6-5-9-20-16/h5-9,11,13,17H,4,10,12H2,1-3H3. The highest BCUT2D eigenvalue weighted by Gasteiger charge is 2.12. The highest BCUT2D eigenvalue weighted by molar-refractivity contribution is 7.09. The summed E-state index contributed by atoms with van der Waals surface area (Å²) in [7, 11) is 2.16. The van der Waals surface area contributed by atoms with Gasteiger partial charge >= 0.3 is 0 Å². The van der Waals surface area contributed by atoms with Crippen molar-refractivity contribution in [3.8, 4) is 0 Å². The van der Waals surface area contributed by atoms with Gasteiger partial charge in [-0.05, 0) is 37.0 Å². The summed E-state index contributed by atoms with van der Waals surface area (Å²) >= 11 is 1.83. The lowest BCUT2D eigenvalue weighted by atomic mass is 10.1. The van der Waals surface area contributed by atoms with E-state index >= 15 is 0 Å². The lowest BCUT2D eigenvalue weighted by molar-refractivity contribution is 0.682. The van der Waals surface area contributed by atoms with E-state index in [-0.39, 0.29) is 0 Å². The lowest BCUT2D eigenvalue weighted by Crippen LogP contribution is -2.30. The molecule has 20 heavy (non-hydrogen) atoms. The van der Waals surface area contributed by atoms with Gasteiger partial charge in [0, 0.05) is 42.8 Å². The normalized spacial score (nSPS) is 12.3. The Bertz CT molecular complexity index is 510. The number of nitrogens with zero attached hydrogens (tertiary/aromatic N) is 2. The Morgan fingerprint density at radius 2 is 2.25 bits per heavy atom. The third-order valence-corrected chi connectivity index (χ3v) is 4.40. The fourth-order valence-corrected chi connectivity index (χ4v) is 2.97. The molecule has 2 rings (SSSR count). The van der Waals surface area contributed by atoms with Gasteiger partial charge in [-0.1, -0.05) is 13.0 Å². The second-order valence-electron chi connectivity index (χ2n) is 5.03. The SMILES string of the molecule is CCNCc1cc(N(C)C(C)Cc2cccs2)ccn1. The van der Waals surface area contributed by atoms with Gasteiger partial charge in [0.2, 0.25) is 0 Å². The average Bonchev–Trinajstić information content (AvgIpc) is 2.97. The fraction of sp³-hybridized carbons (Fsp3) is 0.438. The van der Waals surface area contributed by atoms with E-state index in [4.69, 9.17) is 0 Å². The second kappa shape index (κ2) is 7.41. The van der Waals surface area contributed by atoms with Crippen LogP contribution in [0.4, 0.5) is 5.69 Å². The van der Waals surface area contributed by atoms with E-state index in [1.165, 1.54) is 10.6 Å². The third kappa shape index (κ3) is 4.05. The van der Waals surface area contributed by atoms with Crippen LogP contribution in [0, 0.1) is 0 Å². The van der Waals surface area contributed by atoms with Gasteiger partial charge in [-0.25, -0.2) is 0 Å². The van der Waals surface area contributed by atoms with Crippen LogP contribution in [0.3, 0.4) is 0 Å². The van der Waals surface area contributed by atoms with Crippen LogP contribution in [-0.4, -0.2) is 24.6 Å². The quantitative estimate of drug-likeness (QED) is 0.847. The minimum atomic E-state index is 0.475. The van der Waals surface area contributed by atoms with Crippen LogP contribution < -0.4 is 10.2 Å². The van der Waals surface area contributed by atoms with Crippen molar-refractivity contribution in [3.63, 3.8) is 0 Å². The Labute approximate surface area is 125 Å². The molecule has 0 saturated heterocycles. The van der Waals surface area contributed by atoms with E-state index in [0.29, 0.717) is 6.04 Å². The first-order chi connectivity index (χ1) is 9.70. The summed E-state index contributed by atoms with van der Waals surface area (Å²) in [6, 6.07) is 9.06. The molecule has 0 saturated carbocycles. The van der Waals surface area contributed by atoms with Gasteiger partial charge in [-0.2, -0.15) is 0 Å². The van der Waals surface area contributed by atoms with Crippen molar-refractivity contribution >= 4 is 17.0 Å². The topological polar surface area (TPSA) is 28.2 Å². The Hall–Kier alpha value is -1.39. The molecule has 0 aromatic carbocycles. The highest BCUT2D eigenvalue weighted by atomic mass is 32.1. The number of aromatic nitrogens is 1. The van der Waals surface area contributed by atoms with Crippen LogP contribution >= 0.6 is 11.3 Å². The van der Waals surface area contributed by atoms with Crippen LogP contribution in [0.25, 0.3) is 0 Å². The largest absolute Gasteiger partial charge is 0.371 e. The molecule has 2 aromatic heterocycles. The van der Waals surface area contributed by atoms with E-state index in [2.05, 4.69) is 65.7 Å². The summed E-state index contributed by atoms with van der Waals surface area (Å²) in [6.07, 6.45) is 2.98. The van der Waals surface area contributed by atoms with Crippen LogP contribution in [0.1, 0.15) is 24.4 Å². The average molecular weight is 289 g/mol. The fourth-order valence-electron chi connectivity index (χ4n) is 2.15. The van der Waals surface area contributed by atoms with Crippen LogP contribution in [0.2, 0.25) is 0 Å². The van der Waals surface area contributed by atoms with Crippen molar-refractivity contribution < 1.29 is 0 Å². The van der Waals surface area contributed by atoms with Crippen molar-refractivity contribution in [2.75, 3.05) is 18.5 Å². The first-order valence-corrected chi connectivity index (χ1v) is 7.99. The summed E-state index contributed by atoms with van der Waals surface area (Å²) in [5, 5.41) is 5.46. The van der Waals surface area contributed by atoms with Gasteiger partial charge in [0.15, 0.2) is 0 Å². The molecular weight excluding hydrogens is 266 g/mol. The minimum absolute atomic E-state index is 0.475. The van der Waals surface area contributed by atoms with Gasteiger partial charge in [-0.3, -0.25) is 4.98 Å². The third-order valence-electron chi connectivity index (χ3n) is 3.50. The van der Waals surface area contributed by atoms with E-state index in [1.54, 1.807) is 0 Å². The molecular formula is C16H23N3S. The minimum Gasteiger partial charge on any atom is -0.371 e. The predicted molar refractivity (Wildman–Crippen MR) is 87.5 cm³/mol. The molecule has 0 aliphatic rings. The first kappa shape index (κ1) is 15.0. The Balaban J connectivity index is 2.02. The van der Waals surface area contributed by atoms with Crippen molar-refractivity contribution in [3.05, 3.63) is 46.4 Å². The smallest absolute Gasteiger partial charge is 0.0562 e. The number of pyridine rings is 1. The van der Waals surface area contributed by atoms with Gasteiger partial charge in [0.25, 0.3) is 0 Å². The lowest BCUT2D eigenvalue weighted by Gasteiger charge is -2.27. The van der Waals surface area contributed by atoms with Crippen LogP contribution in [-0.2, 0) is 13.0 Å². The van der Waals surface area contributed by atoms with Gasteiger partial charge in [0.1, 0.15) is 0 Å². The summed E-state index contributed by atoms with van der Waals surface area (Å²) < 4.78 is 0. The van der Waals surface area contributed by atoms with Gasteiger partial charge < -0.3 is 10.2 Å². The van der Waals surface area contributed by atoms with Crippen LogP contribution in [0.5, 0.6) is 0 Å². The molecule has 0 spiro atoms. The van der Waals surface area contributed by atoms with E-state index in [1.807, 2.05) is 17.5 Å². The first-order valence-electron chi connectivity index (χ1n) is 7.11. The summed E-state index contributed by atoms with van der Waals surface area (Å²) in [5.74, 6) is 0. The summed E-state index contributed by atoms with van der Waals surface area (Å²) in [5.41, 5.74) is 2.33. The zero-order valence-corrected chi connectivity index (χ0v) is 13.3. The molecule has 4 heteroatoms. The molecule has 2 aromatic rings. The predicted octanol–water partition coefficient (Wildman–Crippen LogP) is 3.32. The monoisotopic (exact) mass is 289 g/mol. The molecule has 108 valence electrons. The summed E-state index contributed by atoms with van der Waals surface area (Å²) in [4.78, 5) is 8.17. The molecule has 0 aliphatic carbocycles. The second-order valence-corrected chi connectivity index (χ2v) is 6.06. The van der Waals surface area contributed by atoms with Gasteiger partial charge in [0.05, 0.1) is 5.69 Å². The molecule has 1 unspecified atom stereocenters. The molecule has 1 atom stereocenters. The molecule has 0 bridgehead atoms. The van der Waals surface area contributed by atoms with Gasteiger partial charge in [-0.15, -0.1) is 11.3 Å². The number of rotatable bonds is 7. The molecule has 0 fully saturated rings. The van der Waals surface area contributed by atoms with E-state index < -0.39 is 0 Å². The Kier molecular flexibility index (Phi) is 5.56. The molecule has 1 N–H and O–H groups in total.